The van der Waals surface area contributed by atoms with Crippen LogP contribution in [0.15, 0.2) is 0 Å². The van der Waals surface area contributed by atoms with Gasteiger partial charge in [0.15, 0.2) is 5.82 Å². The molecule has 1 aromatic rings. The molecule has 0 spiro atoms. The highest BCUT2D eigenvalue weighted by molar-refractivity contribution is 5.82. The number of aromatic nitrogens is 3. The van der Waals surface area contributed by atoms with Gasteiger partial charge >= 0.3 is 0 Å². The smallest absolute Gasteiger partial charge is 0.226 e. The summed E-state index contributed by atoms with van der Waals surface area (Å²) in [5.74, 6) is 1.91. The van der Waals surface area contributed by atoms with E-state index in [1.54, 1.807) is 0 Å². The van der Waals surface area contributed by atoms with Crippen LogP contribution in [0.5, 0.6) is 0 Å². The normalized spacial score (nSPS) is 19.5. The van der Waals surface area contributed by atoms with Gasteiger partial charge in [-0.2, -0.15) is 5.10 Å². The van der Waals surface area contributed by atoms with Crippen LogP contribution in [0.1, 0.15) is 59.1 Å². The van der Waals surface area contributed by atoms with E-state index in [1.165, 1.54) is 0 Å². The number of amides is 1. The molecule has 3 rings (SSSR count). The molecule has 0 unspecified atom stereocenters. The molecule has 6 heteroatoms. The first-order valence-electron chi connectivity index (χ1n) is 8.64. The van der Waals surface area contributed by atoms with Crippen molar-refractivity contribution in [3.8, 4) is 0 Å². The summed E-state index contributed by atoms with van der Waals surface area (Å²) < 4.78 is 2.01. The topological polar surface area (TPSA) is 63.1 Å². The predicted molar refractivity (Wildman–Crippen MR) is 88.8 cm³/mol. The maximum Gasteiger partial charge on any atom is 0.226 e. The molecule has 128 valence electrons. The molecule has 1 N–H and O–H groups in total. The second kappa shape index (κ2) is 5.58. The Bertz CT molecular complexity index is 595. The van der Waals surface area contributed by atoms with Gasteiger partial charge < -0.3 is 5.32 Å². The van der Waals surface area contributed by atoms with Gasteiger partial charge in [-0.25, -0.2) is 9.67 Å². The third-order valence-electron chi connectivity index (χ3n) is 4.78. The number of hydrogen-bond donors (Lipinski definition) is 1. The molecule has 1 amide bonds. The van der Waals surface area contributed by atoms with Gasteiger partial charge in [0, 0.05) is 24.5 Å². The molecule has 1 aliphatic carbocycles. The molecule has 0 aromatic carbocycles. The quantitative estimate of drug-likeness (QED) is 0.918. The summed E-state index contributed by atoms with van der Waals surface area (Å²) in [5, 5.41) is 7.72. The first-order valence-corrected chi connectivity index (χ1v) is 8.64. The maximum atomic E-state index is 12.4. The van der Waals surface area contributed by atoms with Crippen molar-refractivity contribution in [2.24, 2.45) is 5.41 Å². The van der Waals surface area contributed by atoms with Gasteiger partial charge in [-0.05, 0) is 33.6 Å². The number of carbonyl (C=O) groups is 1. The fraction of sp³-hybridized carbons (Fsp3) is 0.824. The molecule has 0 atom stereocenters. The summed E-state index contributed by atoms with van der Waals surface area (Å²) in [6.07, 6.45) is 2.81. The van der Waals surface area contributed by atoms with E-state index in [0.717, 1.165) is 44.1 Å². The van der Waals surface area contributed by atoms with Gasteiger partial charge in [0.2, 0.25) is 5.91 Å². The summed E-state index contributed by atoms with van der Waals surface area (Å²) in [4.78, 5) is 19.5. The van der Waals surface area contributed by atoms with Crippen molar-refractivity contribution >= 4 is 5.91 Å². The Kier molecular flexibility index (Phi) is 3.99. The second-order valence-corrected chi connectivity index (χ2v) is 8.57. The Morgan fingerprint density at radius 1 is 1.22 bits per heavy atom. The monoisotopic (exact) mass is 319 g/mol. The van der Waals surface area contributed by atoms with E-state index in [-0.39, 0.29) is 11.4 Å². The molecule has 0 saturated heterocycles. The summed E-state index contributed by atoms with van der Waals surface area (Å²) in [5.41, 5.74) is -0.329. The first-order chi connectivity index (χ1) is 10.6. The van der Waals surface area contributed by atoms with Crippen molar-refractivity contribution in [3.05, 3.63) is 11.6 Å². The zero-order valence-corrected chi connectivity index (χ0v) is 15.0. The molecular weight excluding hydrogens is 290 g/mol. The largest absolute Gasteiger partial charge is 0.353 e. The van der Waals surface area contributed by atoms with Gasteiger partial charge in [0.1, 0.15) is 5.82 Å². The van der Waals surface area contributed by atoms with Crippen LogP contribution in [0, 0.1) is 5.41 Å². The van der Waals surface area contributed by atoms with Crippen LogP contribution in [0.2, 0.25) is 0 Å². The molecule has 1 saturated carbocycles. The highest BCUT2D eigenvalue weighted by Crippen LogP contribution is 2.26. The highest BCUT2D eigenvalue weighted by Gasteiger charge is 2.35. The fourth-order valence-electron chi connectivity index (χ4n) is 2.92. The van der Waals surface area contributed by atoms with Crippen molar-refractivity contribution in [2.75, 3.05) is 6.54 Å². The lowest BCUT2D eigenvalue weighted by Gasteiger charge is -2.37. The summed E-state index contributed by atoms with van der Waals surface area (Å²) in [7, 11) is 0. The Morgan fingerprint density at radius 2 is 1.91 bits per heavy atom. The third-order valence-corrected chi connectivity index (χ3v) is 4.78. The minimum Gasteiger partial charge on any atom is -0.353 e. The third kappa shape index (κ3) is 3.74. The average Bonchev–Trinajstić information content (AvgIpc) is 3.14. The molecule has 1 aliphatic heterocycles. The van der Waals surface area contributed by atoms with Crippen LogP contribution in [0.4, 0.5) is 0 Å². The zero-order valence-electron chi connectivity index (χ0n) is 15.0. The number of carbonyl (C=O) groups excluding carboxylic acids is 1. The summed E-state index contributed by atoms with van der Waals surface area (Å²) in [6, 6.07) is 0.394. The Hall–Kier alpha value is -1.43. The summed E-state index contributed by atoms with van der Waals surface area (Å²) >= 11 is 0. The van der Waals surface area contributed by atoms with E-state index in [4.69, 9.17) is 4.98 Å². The minimum atomic E-state index is -0.468. The Morgan fingerprint density at radius 3 is 2.52 bits per heavy atom. The van der Waals surface area contributed by atoms with Crippen LogP contribution in [0.25, 0.3) is 0 Å². The minimum absolute atomic E-state index is 0.115. The number of nitrogens with one attached hydrogen (secondary N) is 1. The molecule has 6 nitrogen and oxygen atoms in total. The lowest BCUT2D eigenvalue weighted by Crippen LogP contribution is -2.46. The number of rotatable bonds is 4. The number of fused-ring (bicyclic) bond motifs is 1. The molecule has 0 radical (unpaired) electrons. The van der Waals surface area contributed by atoms with Crippen molar-refractivity contribution < 1.29 is 4.79 Å². The fourth-order valence-corrected chi connectivity index (χ4v) is 2.92. The van der Waals surface area contributed by atoms with Crippen molar-refractivity contribution in [1.29, 1.82) is 0 Å². The van der Waals surface area contributed by atoms with Crippen LogP contribution < -0.4 is 5.32 Å². The first kappa shape index (κ1) is 16.4. The van der Waals surface area contributed by atoms with E-state index in [2.05, 4.69) is 36.1 Å². The molecule has 1 fully saturated rings. The van der Waals surface area contributed by atoms with Gasteiger partial charge in [0.05, 0.1) is 18.5 Å². The van der Waals surface area contributed by atoms with E-state index < -0.39 is 5.41 Å². The Labute approximate surface area is 138 Å². The van der Waals surface area contributed by atoms with Crippen LogP contribution in [-0.4, -0.2) is 43.7 Å². The average molecular weight is 319 g/mol. The lowest BCUT2D eigenvalue weighted by atomic mass is 9.88. The van der Waals surface area contributed by atoms with E-state index >= 15 is 0 Å². The zero-order chi connectivity index (χ0) is 16.8. The van der Waals surface area contributed by atoms with Gasteiger partial charge in [-0.1, -0.05) is 13.8 Å². The van der Waals surface area contributed by atoms with E-state index in [1.807, 2.05) is 18.5 Å². The van der Waals surface area contributed by atoms with E-state index in [0.29, 0.717) is 12.5 Å². The van der Waals surface area contributed by atoms with Crippen LogP contribution in [-0.2, 0) is 24.3 Å². The van der Waals surface area contributed by atoms with Crippen molar-refractivity contribution in [2.45, 2.75) is 78.6 Å². The molecule has 2 heterocycles. The predicted octanol–water partition coefficient (Wildman–Crippen LogP) is 1.74. The van der Waals surface area contributed by atoms with Crippen molar-refractivity contribution in [1.82, 2.24) is 25.0 Å². The van der Waals surface area contributed by atoms with Crippen LogP contribution >= 0.6 is 0 Å². The van der Waals surface area contributed by atoms with Crippen LogP contribution in [0.3, 0.4) is 0 Å². The number of nitrogens with zero attached hydrogens (tertiary/aromatic N) is 4. The molecular formula is C17H29N5O. The number of hydrogen-bond acceptors (Lipinski definition) is 4. The molecule has 0 bridgehead atoms. The van der Waals surface area contributed by atoms with Gasteiger partial charge in [-0.15, -0.1) is 0 Å². The van der Waals surface area contributed by atoms with Gasteiger partial charge in [-0.3, -0.25) is 9.69 Å². The SMILES string of the molecule is CC(C)(Cc1nc2n(n1)CCN(C(C)(C)C)C2)C(=O)NC1CC1. The lowest BCUT2D eigenvalue weighted by molar-refractivity contribution is -0.129. The maximum absolute atomic E-state index is 12.4. The Balaban J connectivity index is 1.68. The van der Waals surface area contributed by atoms with E-state index in [9.17, 15) is 4.79 Å². The summed E-state index contributed by atoms with van der Waals surface area (Å²) in [6.45, 7) is 13.3. The molecule has 1 aromatic heterocycles. The molecule has 2 aliphatic rings. The van der Waals surface area contributed by atoms with Gasteiger partial charge in [0.25, 0.3) is 0 Å². The van der Waals surface area contributed by atoms with Crippen molar-refractivity contribution in [3.63, 3.8) is 0 Å². The highest BCUT2D eigenvalue weighted by atomic mass is 16.2. The standard InChI is InChI=1S/C17H29N5O/c1-16(2,3)21-8-9-22-14(11-21)19-13(20-22)10-17(4,5)15(23)18-12-6-7-12/h12H,6-11H2,1-5H3,(H,18,23). The molecule has 23 heavy (non-hydrogen) atoms. The second-order valence-electron chi connectivity index (χ2n) is 8.57.